The molecule has 1 aromatic carbocycles. The third kappa shape index (κ3) is 3.97. The van der Waals surface area contributed by atoms with Crippen molar-refractivity contribution in [3.8, 4) is 5.75 Å². The molecule has 1 aromatic rings. The Morgan fingerprint density at radius 2 is 1.74 bits per heavy atom. The highest BCUT2D eigenvalue weighted by Gasteiger charge is 2.22. The molecular weight excluding hydrogens is 234 g/mol. The van der Waals surface area contributed by atoms with E-state index in [2.05, 4.69) is 38.1 Å². The summed E-state index contributed by atoms with van der Waals surface area (Å²) in [6.07, 6.45) is 7.48. The Balaban J connectivity index is 2.10. The van der Waals surface area contributed by atoms with Gasteiger partial charge in [0.25, 0.3) is 0 Å². The molecule has 0 bridgehead atoms. The summed E-state index contributed by atoms with van der Waals surface area (Å²) >= 11 is 0. The van der Waals surface area contributed by atoms with Crippen molar-refractivity contribution in [1.29, 1.82) is 0 Å². The lowest BCUT2D eigenvalue weighted by Gasteiger charge is -2.28. The van der Waals surface area contributed by atoms with E-state index in [9.17, 15) is 0 Å². The molecule has 1 aliphatic carbocycles. The normalized spacial score (nSPS) is 24.8. The lowest BCUT2D eigenvalue weighted by Crippen LogP contribution is -2.39. The van der Waals surface area contributed by atoms with E-state index in [1.165, 1.54) is 31.2 Å². The average Bonchev–Trinajstić information content (AvgIpc) is 2.39. The highest BCUT2D eigenvalue weighted by molar-refractivity contribution is 5.35. The fourth-order valence-electron chi connectivity index (χ4n) is 2.85. The third-order valence-corrected chi connectivity index (χ3v) is 4.07. The summed E-state index contributed by atoms with van der Waals surface area (Å²) in [5.74, 6) is 1.51. The van der Waals surface area contributed by atoms with Crippen LogP contribution in [0.3, 0.4) is 0 Å². The zero-order chi connectivity index (χ0) is 13.7. The van der Waals surface area contributed by atoms with Crippen LogP contribution in [0.4, 0.5) is 0 Å². The molecule has 19 heavy (non-hydrogen) atoms. The smallest absolute Gasteiger partial charge is 0.123 e. The second-order valence-electron chi connectivity index (χ2n) is 6.00. The standard InChI is InChI=1S/C17H27NO/c1-13(2)14-9-7-8-11-16(14)19-17-12-6-4-3-5-10-15(17)18/h7-9,11,13,15,17H,3-6,10,12,18H2,1-2H3. The zero-order valence-corrected chi connectivity index (χ0v) is 12.3. The van der Waals surface area contributed by atoms with E-state index in [1.54, 1.807) is 0 Å². The predicted octanol–water partition coefficient (Wildman–Crippen LogP) is 4.24. The zero-order valence-electron chi connectivity index (χ0n) is 12.3. The molecule has 2 rings (SSSR count). The minimum Gasteiger partial charge on any atom is -0.489 e. The lowest BCUT2D eigenvalue weighted by atomic mass is 9.94. The quantitative estimate of drug-likeness (QED) is 0.883. The van der Waals surface area contributed by atoms with Crippen LogP contribution < -0.4 is 10.5 Å². The Kier molecular flexibility index (Phi) is 5.26. The van der Waals surface area contributed by atoms with Crippen LogP contribution in [0.5, 0.6) is 5.75 Å². The van der Waals surface area contributed by atoms with Gasteiger partial charge in [0.05, 0.1) is 0 Å². The number of hydrogen-bond donors (Lipinski definition) is 1. The minimum absolute atomic E-state index is 0.181. The van der Waals surface area contributed by atoms with Crippen LogP contribution >= 0.6 is 0 Å². The fraction of sp³-hybridized carbons (Fsp3) is 0.647. The maximum atomic E-state index is 6.30. The summed E-state index contributed by atoms with van der Waals surface area (Å²) < 4.78 is 6.27. The van der Waals surface area contributed by atoms with Gasteiger partial charge in [0.2, 0.25) is 0 Å². The Morgan fingerprint density at radius 3 is 2.47 bits per heavy atom. The molecule has 1 fully saturated rings. The number of benzene rings is 1. The van der Waals surface area contributed by atoms with Crippen LogP contribution in [0.2, 0.25) is 0 Å². The highest BCUT2D eigenvalue weighted by Crippen LogP contribution is 2.29. The van der Waals surface area contributed by atoms with Gasteiger partial charge in [-0.2, -0.15) is 0 Å². The molecule has 0 aromatic heterocycles. The molecular formula is C17H27NO. The summed E-state index contributed by atoms with van der Waals surface area (Å²) in [5.41, 5.74) is 7.59. The van der Waals surface area contributed by atoms with Crippen molar-refractivity contribution < 1.29 is 4.74 Å². The Bertz CT molecular complexity index is 389. The van der Waals surface area contributed by atoms with Crippen molar-refractivity contribution in [2.45, 2.75) is 70.4 Å². The number of nitrogens with two attached hydrogens (primary N) is 1. The third-order valence-electron chi connectivity index (χ3n) is 4.07. The molecule has 0 aliphatic heterocycles. The second-order valence-corrected chi connectivity index (χ2v) is 6.00. The van der Waals surface area contributed by atoms with Crippen LogP contribution in [0.25, 0.3) is 0 Å². The van der Waals surface area contributed by atoms with Gasteiger partial charge in [-0.15, -0.1) is 0 Å². The first-order valence-electron chi connectivity index (χ1n) is 7.69. The molecule has 0 spiro atoms. The first-order chi connectivity index (χ1) is 9.18. The molecule has 2 N–H and O–H groups in total. The molecule has 2 heteroatoms. The van der Waals surface area contributed by atoms with E-state index >= 15 is 0 Å². The van der Waals surface area contributed by atoms with E-state index < -0.39 is 0 Å². The minimum atomic E-state index is 0.181. The number of rotatable bonds is 3. The first kappa shape index (κ1) is 14.4. The average molecular weight is 261 g/mol. The van der Waals surface area contributed by atoms with E-state index in [0.29, 0.717) is 5.92 Å². The van der Waals surface area contributed by atoms with Crippen LogP contribution in [0.1, 0.15) is 63.9 Å². The van der Waals surface area contributed by atoms with Crippen molar-refractivity contribution in [3.63, 3.8) is 0 Å². The van der Waals surface area contributed by atoms with Gasteiger partial charge in [0, 0.05) is 6.04 Å². The summed E-state index contributed by atoms with van der Waals surface area (Å²) in [6.45, 7) is 4.42. The van der Waals surface area contributed by atoms with E-state index in [1.807, 2.05) is 0 Å². The van der Waals surface area contributed by atoms with Crippen molar-refractivity contribution >= 4 is 0 Å². The maximum Gasteiger partial charge on any atom is 0.123 e. The van der Waals surface area contributed by atoms with Crippen molar-refractivity contribution in [3.05, 3.63) is 29.8 Å². The van der Waals surface area contributed by atoms with Crippen LogP contribution in [0.15, 0.2) is 24.3 Å². The Morgan fingerprint density at radius 1 is 1.05 bits per heavy atom. The molecule has 2 unspecified atom stereocenters. The monoisotopic (exact) mass is 261 g/mol. The van der Waals surface area contributed by atoms with E-state index in [-0.39, 0.29) is 12.1 Å². The van der Waals surface area contributed by atoms with Crippen LogP contribution in [0, 0.1) is 0 Å². The van der Waals surface area contributed by atoms with Crippen LogP contribution in [-0.2, 0) is 0 Å². The molecule has 1 aliphatic rings. The summed E-state index contributed by atoms with van der Waals surface area (Å²) in [5, 5.41) is 0. The van der Waals surface area contributed by atoms with Gasteiger partial charge in [-0.3, -0.25) is 0 Å². The van der Waals surface area contributed by atoms with Crippen molar-refractivity contribution in [2.24, 2.45) is 5.73 Å². The molecule has 0 saturated heterocycles. The van der Waals surface area contributed by atoms with E-state index in [0.717, 1.165) is 18.6 Å². The second kappa shape index (κ2) is 6.95. The Labute approximate surface area is 117 Å². The molecule has 2 atom stereocenters. The summed E-state index contributed by atoms with van der Waals surface area (Å²) in [4.78, 5) is 0. The fourth-order valence-corrected chi connectivity index (χ4v) is 2.85. The maximum absolute atomic E-state index is 6.30. The molecule has 1 saturated carbocycles. The van der Waals surface area contributed by atoms with Crippen LogP contribution in [-0.4, -0.2) is 12.1 Å². The summed E-state index contributed by atoms with van der Waals surface area (Å²) in [7, 11) is 0. The Hall–Kier alpha value is -1.02. The van der Waals surface area contributed by atoms with Gasteiger partial charge < -0.3 is 10.5 Å². The van der Waals surface area contributed by atoms with E-state index in [4.69, 9.17) is 10.5 Å². The topological polar surface area (TPSA) is 35.2 Å². The largest absolute Gasteiger partial charge is 0.489 e. The predicted molar refractivity (Wildman–Crippen MR) is 80.6 cm³/mol. The van der Waals surface area contributed by atoms with Gasteiger partial charge in [-0.25, -0.2) is 0 Å². The number of hydrogen-bond acceptors (Lipinski definition) is 2. The van der Waals surface area contributed by atoms with Gasteiger partial charge in [-0.1, -0.05) is 51.3 Å². The molecule has 2 nitrogen and oxygen atoms in total. The molecule has 106 valence electrons. The van der Waals surface area contributed by atoms with Gasteiger partial charge in [-0.05, 0) is 36.8 Å². The van der Waals surface area contributed by atoms with Gasteiger partial charge >= 0.3 is 0 Å². The first-order valence-corrected chi connectivity index (χ1v) is 7.69. The van der Waals surface area contributed by atoms with Gasteiger partial charge in [0.15, 0.2) is 0 Å². The number of para-hydroxylation sites is 1. The highest BCUT2D eigenvalue weighted by atomic mass is 16.5. The molecule has 0 heterocycles. The lowest BCUT2D eigenvalue weighted by molar-refractivity contribution is 0.143. The SMILES string of the molecule is CC(C)c1ccccc1OC1CCCCCCC1N. The number of ether oxygens (including phenoxy) is 1. The van der Waals surface area contributed by atoms with Crippen molar-refractivity contribution in [1.82, 2.24) is 0 Å². The molecule has 0 radical (unpaired) electrons. The summed E-state index contributed by atoms with van der Waals surface area (Å²) in [6, 6.07) is 8.56. The van der Waals surface area contributed by atoms with Gasteiger partial charge in [0.1, 0.15) is 11.9 Å². The van der Waals surface area contributed by atoms with Crippen molar-refractivity contribution in [2.75, 3.05) is 0 Å². The molecule has 0 amide bonds.